The Labute approximate surface area is 146 Å². The van der Waals surface area contributed by atoms with Crippen molar-refractivity contribution in [3.63, 3.8) is 0 Å². The fraction of sp³-hybridized carbons (Fsp3) is 0.438. The van der Waals surface area contributed by atoms with Gasteiger partial charge in [0.2, 0.25) is 17.6 Å². The number of nitrogens with zero attached hydrogens (tertiary/aromatic N) is 1. The molecule has 1 aromatic carbocycles. The molecule has 0 atom stereocenters. The van der Waals surface area contributed by atoms with Crippen LogP contribution >= 0.6 is 0 Å². The van der Waals surface area contributed by atoms with Gasteiger partial charge >= 0.3 is 0 Å². The Morgan fingerprint density at radius 2 is 1.68 bits per heavy atom. The van der Waals surface area contributed by atoms with Crippen LogP contribution < -0.4 is 25.0 Å². The molecular formula is C16H23N3O6. The van der Waals surface area contributed by atoms with Gasteiger partial charge in [-0.3, -0.25) is 9.59 Å². The first-order valence-corrected chi connectivity index (χ1v) is 7.43. The summed E-state index contributed by atoms with van der Waals surface area (Å²) in [5, 5.41) is 6.36. The monoisotopic (exact) mass is 353 g/mol. The first kappa shape index (κ1) is 20.2. The molecule has 1 rings (SSSR count). The highest BCUT2D eigenvalue weighted by Crippen LogP contribution is 2.37. The lowest BCUT2D eigenvalue weighted by molar-refractivity contribution is -0.129. The second-order valence-corrected chi connectivity index (χ2v) is 4.77. The van der Waals surface area contributed by atoms with Gasteiger partial charge in [0, 0.05) is 19.2 Å². The van der Waals surface area contributed by atoms with Crippen LogP contribution in [0.1, 0.15) is 12.0 Å². The summed E-state index contributed by atoms with van der Waals surface area (Å²) in [4.78, 5) is 23.1. The van der Waals surface area contributed by atoms with Gasteiger partial charge in [0.05, 0.1) is 34.2 Å². The molecule has 0 bridgehead atoms. The standard InChI is InChI=1S/C16H23N3O6/c1-22-6-5-17-14(20)9-15(21)19-18-10-11-7-12(23-2)16(25-4)13(8-11)24-3/h7-8,10H,5-6,9H2,1-4H3,(H,17,20)(H,19,21)/b18-10+. The zero-order valence-corrected chi connectivity index (χ0v) is 14.8. The Hall–Kier alpha value is -2.81. The topological polar surface area (TPSA) is 107 Å². The van der Waals surface area contributed by atoms with Crippen LogP contribution in [0.25, 0.3) is 0 Å². The summed E-state index contributed by atoms with van der Waals surface area (Å²) in [6.45, 7) is 0.726. The fourth-order valence-corrected chi connectivity index (χ4v) is 1.90. The number of carbonyl (C=O) groups excluding carboxylic acids is 2. The van der Waals surface area contributed by atoms with E-state index in [0.717, 1.165) is 0 Å². The number of hydrogen-bond acceptors (Lipinski definition) is 7. The summed E-state index contributed by atoms with van der Waals surface area (Å²) >= 11 is 0. The smallest absolute Gasteiger partial charge is 0.249 e. The summed E-state index contributed by atoms with van der Waals surface area (Å²) in [5.74, 6) is 0.453. The molecule has 0 radical (unpaired) electrons. The molecule has 138 valence electrons. The minimum atomic E-state index is -0.529. The van der Waals surface area contributed by atoms with Crippen LogP contribution in [0.15, 0.2) is 17.2 Å². The molecule has 0 saturated carbocycles. The van der Waals surface area contributed by atoms with Gasteiger partial charge in [0.25, 0.3) is 0 Å². The molecule has 0 aromatic heterocycles. The predicted octanol–water partition coefficient (Wildman–Crippen LogP) is 0.315. The molecule has 2 N–H and O–H groups in total. The molecule has 9 nitrogen and oxygen atoms in total. The predicted molar refractivity (Wildman–Crippen MR) is 91.3 cm³/mol. The van der Waals surface area contributed by atoms with E-state index in [0.29, 0.717) is 36.0 Å². The molecule has 1 aromatic rings. The van der Waals surface area contributed by atoms with Crippen LogP contribution in [-0.4, -0.2) is 59.6 Å². The van der Waals surface area contributed by atoms with Gasteiger partial charge in [-0.1, -0.05) is 0 Å². The van der Waals surface area contributed by atoms with Crippen LogP contribution in [-0.2, 0) is 14.3 Å². The summed E-state index contributed by atoms with van der Waals surface area (Å²) in [7, 11) is 6.03. The van der Waals surface area contributed by atoms with Crippen molar-refractivity contribution in [3.05, 3.63) is 17.7 Å². The number of methoxy groups -OCH3 is 4. The molecule has 9 heteroatoms. The van der Waals surface area contributed by atoms with Crippen molar-refractivity contribution in [2.45, 2.75) is 6.42 Å². The lowest BCUT2D eigenvalue weighted by atomic mass is 10.2. The van der Waals surface area contributed by atoms with Gasteiger partial charge in [-0.2, -0.15) is 5.10 Å². The number of amides is 2. The average molecular weight is 353 g/mol. The first-order valence-electron chi connectivity index (χ1n) is 7.43. The lowest BCUT2D eigenvalue weighted by Crippen LogP contribution is -2.31. The minimum absolute atomic E-state index is 0.323. The molecule has 0 heterocycles. The van der Waals surface area contributed by atoms with Crippen molar-refractivity contribution in [1.29, 1.82) is 0 Å². The highest BCUT2D eigenvalue weighted by Gasteiger charge is 2.12. The van der Waals surface area contributed by atoms with E-state index in [1.165, 1.54) is 34.7 Å². The Bertz CT molecular complexity index is 593. The lowest BCUT2D eigenvalue weighted by Gasteiger charge is -2.12. The molecular weight excluding hydrogens is 330 g/mol. The highest BCUT2D eigenvalue weighted by atomic mass is 16.5. The van der Waals surface area contributed by atoms with Crippen LogP contribution in [0, 0.1) is 0 Å². The van der Waals surface area contributed by atoms with Crippen molar-refractivity contribution >= 4 is 18.0 Å². The van der Waals surface area contributed by atoms with E-state index in [2.05, 4.69) is 15.8 Å². The van der Waals surface area contributed by atoms with Gasteiger partial charge < -0.3 is 24.3 Å². The second-order valence-electron chi connectivity index (χ2n) is 4.77. The van der Waals surface area contributed by atoms with Gasteiger partial charge in [-0.25, -0.2) is 5.43 Å². The molecule has 0 aliphatic rings. The van der Waals surface area contributed by atoms with Gasteiger partial charge in [-0.15, -0.1) is 0 Å². The number of ether oxygens (including phenoxy) is 4. The van der Waals surface area contributed by atoms with Crippen LogP contribution in [0.3, 0.4) is 0 Å². The quantitative estimate of drug-likeness (QED) is 0.271. The summed E-state index contributed by atoms with van der Waals surface area (Å²) in [5.41, 5.74) is 2.91. The normalized spacial score (nSPS) is 10.4. The van der Waals surface area contributed by atoms with Crippen LogP contribution in [0.2, 0.25) is 0 Å². The average Bonchev–Trinajstić information content (AvgIpc) is 2.60. The van der Waals surface area contributed by atoms with E-state index in [1.54, 1.807) is 12.1 Å². The van der Waals surface area contributed by atoms with Crippen molar-refractivity contribution < 1.29 is 28.5 Å². The molecule has 0 spiro atoms. The Morgan fingerprint density at radius 3 is 2.20 bits per heavy atom. The molecule has 0 aliphatic heterocycles. The van der Waals surface area contributed by atoms with Gasteiger partial charge in [0.1, 0.15) is 6.42 Å². The van der Waals surface area contributed by atoms with E-state index >= 15 is 0 Å². The Morgan fingerprint density at radius 1 is 1.04 bits per heavy atom. The number of rotatable bonds is 10. The zero-order valence-electron chi connectivity index (χ0n) is 14.8. The molecule has 25 heavy (non-hydrogen) atoms. The maximum Gasteiger partial charge on any atom is 0.249 e. The maximum atomic E-state index is 11.6. The maximum absolute atomic E-state index is 11.6. The molecule has 0 fully saturated rings. The summed E-state index contributed by atoms with van der Waals surface area (Å²) in [6.07, 6.45) is 1.08. The molecule has 0 saturated heterocycles. The van der Waals surface area contributed by atoms with Crippen molar-refractivity contribution in [3.8, 4) is 17.2 Å². The van der Waals surface area contributed by atoms with E-state index in [-0.39, 0.29) is 6.42 Å². The highest BCUT2D eigenvalue weighted by molar-refractivity contribution is 5.97. The minimum Gasteiger partial charge on any atom is -0.493 e. The number of hydrogen-bond donors (Lipinski definition) is 2. The van der Waals surface area contributed by atoms with E-state index in [4.69, 9.17) is 18.9 Å². The zero-order chi connectivity index (χ0) is 18.7. The van der Waals surface area contributed by atoms with Gasteiger partial charge in [-0.05, 0) is 12.1 Å². The molecule has 0 aliphatic carbocycles. The number of benzene rings is 1. The molecule has 0 unspecified atom stereocenters. The fourth-order valence-electron chi connectivity index (χ4n) is 1.90. The van der Waals surface area contributed by atoms with Crippen LogP contribution in [0.4, 0.5) is 0 Å². The van der Waals surface area contributed by atoms with Gasteiger partial charge in [0.15, 0.2) is 11.5 Å². The third-order valence-electron chi connectivity index (χ3n) is 3.04. The first-order chi connectivity index (χ1) is 12.0. The van der Waals surface area contributed by atoms with Crippen molar-refractivity contribution in [2.75, 3.05) is 41.6 Å². The second kappa shape index (κ2) is 10.9. The largest absolute Gasteiger partial charge is 0.493 e. The Kier molecular flexibility index (Phi) is 8.80. The SMILES string of the molecule is COCCNC(=O)CC(=O)N/N=C/c1cc(OC)c(OC)c(OC)c1. The molecule has 2 amide bonds. The van der Waals surface area contributed by atoms with E-state index in [1.807, 2.05) is 0 Å². The van der Waals surface area contributed by atoms with Crippen molar-refractivity contribution in [1.82, 2.24) is 10.7 Å². The van der Waals surface area contributed by atoms with E-state index < -0.39 is 11.8 Å². The summed E-state index contributed by atoms with van der Waals surface area (Å²) in [6, 6.07) is 3.35. The number of nitrogens with one attached hydrogen (secondary N) is 2. The van der Waals surface area contributed by atoms with E-state index in [9.17, 15) is 9.59 Å². The van der Waals surface area contributed by atoms with Crippen LogP contribution in [0.5, 0.6) is 17.2 Å². The van der Waals surface area contributed by atoms with Crippen molar-refractivity contribution in [2.24, 2.45) is 5.10 Å². The Balaban J connectivity index is 2.63. The third-order valence-corrected chi connectivity index (χ3v) is 3.04. The summed E-state index contributed by atoms with van der Waals surface area (Å²) < 4.78 is 20.5. The number of hydrazone groups is 1. The third kappa shape index (κ3) is 6.68. The number of carbonyl (C=O) groups is 2.